The summed E-state index contributed by atoms with van der Waals surface area (Å²) in [4.78, 5) is 25.5. The van der Waals surface area contributed by atoms with Gasteiger partial charge in [-0.3, -0.25) is 4.90 Å². The Hall–Kier alpha value is -5.04. The number of hydrogen-bond acceptors (Lipinski definition) is 9. The number of likely N-dealkylation sites (tertiary alicyclic amines) is 1. The molecule has 1 aromatic heterocycles. The molecule has 47 heavy (non-hydrogen) atoms. The number of benzene rings is 3. The molecule has 1 aliphatic rings. The predicted octanol–water partition coefficient (Wildman–Crippen LogP) is 7.12. The van der Waals surface area contributed by atoms with E-state index in [2.05, 4.69) is 20.2 Å². The molecule has 2 heterocycles. The Kier molecular flexibility index (Phi) is 11.3. The first kappa shape index (κ1) is 33.3. The zero-order chi connectivity index (χ0) is 33.2. The van der Waals surface area contributed by atoms with Crippen LogP contribution in [0.1, 0.15) is 31.2 Å². The van der Waals surface area contributed by atoms with Gasteiger partial charge in [-0.2, -0.15) is 4.98 Å². The van der Waals surface area contributed by atoms with E-state index in [9.17, 15) is 18.0 Å². The summed E-state index contributed by atoms with van der Waals surface area (Å²) in [6, 6.07) is 13.9. The number of nitrogens with one attached hydrogen (secondary N) is 1. The molecule has 0 unspecified atom stereocenters. The number of ether oxygens (including phenoxy) is 4. The lowest BCUT2D eigenvalue weighted by atomic mass is 10.1. The smallest absolute Gasteiger partial charge is 0.421 e. The number of carbonyl (C=O) groups is 1. The fraction of sp³-hybridized carbons (Fsp3) is 0.324. The number of halogens is 3. The van der Waals surface area contributed by atoms with Crippen molar-refractivity contribution in [2.24, 2.45) is 0 Å². The van der Waals surface area contributed by atoms with Gasteiger partial charge < -0.3 is 29.2 Å². The van der Waals surface area contributed by atoms with E-state index < -0.39 is 29.3 Å². The molecule has 0 atom stereocenters. The Balaban J connectivity index is 1.33. The molecule has 1 saturated heterocycles. The zero-order valence-electron chi connectivity index (χ0n) is 26.2. The third kappa shape index (κ3) is 8.82. The first-order valence-corrected chi connectivity index (χ1v) is 15.2. The molecular formula is C34H36F3N5O5. The molecular weight excluding hydrogens is 615 g/mol. The van der Waals surface area contributed by atoms with E-state index in [1.807, 2.05) is 0 Å². The first-order chi connectivity index (χ1) is 22.8. The first-order valence-electron chi connectivity index (χ1n) is 15.2. The summed E-state index contributed by atoms with van der Waals surface area (Å²) in [6.45, 7) is 3.31. The van der Waals surface area contributed by atoms with Crippen molar-refractivity contribution in [1.82, 2.24) is 14.9 Å². The standard InChI is InChI=1S/C34H36F3N5O5/c1-44-25-11-13-29(45-2)23(20-25)22-42(34(43)47-32-26(35)8-6-9-27(32)36)31-14-15-38-33(40-31)39-24-10-12-30(28(37)21-24)46-19-7-18-41-16-4-3-5-17-41/h6,8-15,20-21H,3-5,7,16-19,22H2,1-2H3,(H,38,39,40). The normalized spacial score (nSPS) is 13.1. The minimum absolute atomic E-state index is 0.0169. The molecule has 13 heteroatoms. The summed E-state index contributed by atoms with van der Waals surface area (Å²) in [5.74, 6) is -2.48. The molecule has 0 spiro atoms. The molecule has 1 aliphatic heterocycles. The number of nitrogens with zero attached hydrogens (tertiary/aromatic N) is 4. The number of amides is 1. The highest BCUT2D eigenvalue weighted by atomic mass is 19.1. The lowest BCUT2D eigenvalue weighted by Gasteiger charge is -2.26. The van der Waals surface area contributed by atoms with Crippen molar-refractivity contribution in [1.29, 1.82) is 0 Å². The van der Waals surface area contributed by atoms with Crippen LogP contribution < -0.4 is 29.2 Å². The van der Waals surface area contributed by atoms with Crippen LogP contribution in [-0.2, 0) is 6.54 Å². The lowest BCUT2D eigenvalue weighted by Crippen LogP contribution is -2.34. The van der Waals surface area contributed by atoms with Crippen molar-refractivity contribution < 1.29 is 36.9 Å². The van der Waals surface area contributed by atoms with E-state index in [0.717, 1.165) is 49.2 Å². The highest BCUT2D eigenvalue weighted by Crippen LogP contribution is 2.30. The van der Waals surface area contributed by atoms with E-state index >= 15 is 0 Å². The quantitative estimate of drug-likeness (QED) is 0.152. The number of methoxy groups -OCH3 is 2. The molecule has 0 bridgehead atoms. The SMILES string of the molecule is COc1ccc(OC)c(CN(C(=O)Oc2c(F)cccc2F)c2ccnc(Nc3ccc(OCCCN4CCCCC4)c(F)c3)n2)c1. The lowest BCUT2D eigenvalue weighted by molar-refractivity contribution is 0.202. The zero-order valence-corrected chi connectivity index (χ0v) is 26.2. The maximum atomic E-state index is 14.9. The Morgan fingerprint density at radius 2 is 1.68 bits per heavy atom. The number of para-hydroxylation sites is 1. The Morgan fingerprint density at radius 1 is 0.915 bits per heavy atom. The number of anilines is 3. The molecule has 5 rings (SSSR count). The van der Waals surface area contributed by atoms with E-state index in [4.69, 9.17) is 18.9 Å². The van der Waals surface area contributed by atoms with Gasteiger partial charge in [-0.1, -0.05) is 12.5 Å². The number of carbonyl (C=O) groups excluding carboxylic acids is 1. The summed E-state index contributed by atoms with van der Waals surface area (Å²) >= 11 is 0. The van der Waals surface area contributed by atoms with Crippen molar-refractivity contribution in [3.8, 4) is 23.0 Å². The van der Waals surface area contributed by atoms with Crippen LogP contribution in [0.5, 0.6) is 23.0 Å². The summed E-state index contributed by atoms with van der Waals surface area (Å²) < 4.78 is 65.4. The highest BCUT2D eigenvalue weighted by molar-refractivity contribution is 5.88. The van der Waals surface area contributed by atoms with Crippen LogP contribution in [0.15, 0.2) is 66.9 Å². The molecule has 1 amide bonds. The van der Waals surface area contributed by atoms with Gasteiger partial charge in [-0.25, -0.2) is 22.9 Å². The van der Waals surface area contributed by atoms with Gasteiger partial charge in [0, 0.05) is 30.1 Å². The second-order valence-electron chi connectivity index (χ2n) is 10.8. The van der Waals surface area contributed by atoms with Crippen molar-refractivity contribution in [2.45, 2.75) is 32.2 Å². The Morgan fingerprint density at radius 3 is 2.40 bits per heavy atom. The monoisotopic (exact) mass is 651 g/mol. The molecule has 10 nitrogen and oxygen atoms in total. The Bertz CT molecular complexity index is 1650. The van der Waals surface area contributed by atoms with Crippen molar-refractivity contribution in [2.75, 3.05) is 50.7 Å². The number of hydrogen-bond donors (Lipinski definition) is 1. The second-order valence-corrected chi connectivity index (χ2v) is 10.8. The summed E-state index contributed by atoms with van der Waals surface area (Å²) in [5, 5.41) is 2.92. The van der Waals surface area contributed by atoms with Gasteiger partial charge in [0.2, 0.25) is 11.7 Å². The fourth-order valence-electron chi connectivity index (χ4n) is 5.18. The van der Waals surface area contributed by atoms with E-state index in [-0.39, 0.29) is 24.1 Å². The number of piperidine rings is 1. The topological polar surface area (TPSA) is 98.3 Å². The van der Waals surface area contributed by atoms with Crippen LogP contribution in [0.2, 0.25) is 0 Å². The average molecular weight is 652 g/mol. The third-order valence-corrected chi connectivity index (χ3v) is 7.58. The maximum Gasteiger partial charge on any atom is 0.421 e. The molecule has 248 valence electrons. The highest BCUT2D eigenvalue weighted by Gasteiger charge is 2.25. The summed E-state index contributed by atoms with van der Waals surface area (Å²) in [5.41, 5.74) is 0.817. The van der Waals surface area contributed by atoms with Gasteiger partial charge in [0.05, 0.1) is 27.4 Å². The Labute approximate surface area is 271 Å². The van der Waals surface area contributed by atoms with E-state index in [0.29, 0.717) is 29.4 Å². The van der Waals surface area contributed by atoms with Gasteiger partial charge in [0.15, 0.2) is 23.2 Å². The van der Waals surface area contributed by atoms with Crippen molar-refractivity contribution in [3.63, 3.8) is 0 Å². The average Bonchev–Trinajstić information content (AvgIpc) is 3.08. The van der Waals surface area contributed by atoms with Crippen LogP contribution in [0, 0.1) is 17.5 Å². The molecule has 0 radical (unpaired) electrons. The van der Waals surface area contributed by atoms with Crippen LogP contribution in [0.25, 0.3) is 0 Å². The molecule has 4 aromatic rings. The largest absolute Gasteiger partial charge is 0.497 e. The van der Waals surface area contributed by atoms with Crippen molar-refractivity contribution >= 4 is 23.5 Å². The predicted molar refractivity (Wildman–Crippen MR) is 170 cm³/mol. The molecule has 1 fully saturated rings. The van der Waals surface area contributed by atoms with Crippen LogP contribution in [0.3, 0.4) is 0 Å². The number of aromatic nitrogens is 2. The van der Waals surface area contributed by atoms with Gasteiger partial charge in [0.25, 0.3) is 0 Å². The van der Waals surface area contributed by atoms with E-state index in [1.54, 1.807) is 24.3 Å². The molecule has 3 aromatic carbocycles. The summed E-state index contributed by atoms with van der Waals surface area (Å²) in [7, 11) is 2.94. The third-order valence-electron chi connectivity index (χ3n) is 7.58. The van der Waals surface area contributed by atoms with Crippen LogP contribution >= 0.6 is 0 Å². The van der Waals surface area contributed by atoms with E-state index in [1.165, 1.54) is 57.9 Å². The fourth-order valence-corrected chi connectivity index (χ4v) is 5.18. The minimum atomic E-state index is -1.13. The van der Waals surface area contributed by atoms with Gasteiger partial charge >= 0.3 is 6.09 Å². The summed E-state index contributed by atoms with van der Waals surface area (Å²) in [6.07, 6.45) is 4.73. The molecule has 0 saturated carbocycles. The van der Waals surface area contributed by atoms with Crippen molar-refractivity contribution in [3.05, 3.63) is 89.9 Å². The van der Waals surface area contributed by atoms with Crippen LogP contribution in [0.4, 0.5) is 35.4 Å². The van der Waals surface area contributed by atoms with Gasteiger partial charge in [-0.15, -0.1) is 0 Å². The number of rotatable bonds is 13. The maximum absolute atomic E-state index is 14.9. The minimum Gasteiger partial charge on any atom is -0.497 e. The molecule has 1 N–H and O–H groups in total. The van der Waals surface area contributed by atoms with Gasteiger partial charge in [-0.05, 0) is 80.9 Å². The molecule has 0 aliphatic carbocycles. The van der Waals surface area contributed by atoms with Gasteiger partial charge in [0.1, 0.15) is 17.3 Å². The van der Waals surface area contributed by atoms with Crippen LogP contribution in [-0.4, -0.2) is 61.4 Å². The second kappa shape index (κ2) is 16.0.